The molecule has 0 aromatic carbocycles. The molecule has 6 heteroatoms. The van der Waals surface area contributed by atoms with Gasteiger partial charge in [-0.15, -0.1) is 0 Å². The molecule has 0 aliphatic rings. The summed E-state index contributed by atoms with van der Waals surface area (Å²) in [4.78, 5) is 8.31. The van der Waals surface area contributed by atoms with Crippen molar-refractivity contribution in [1.82, 2.24) is 0 Å². The average molecular weight is 227 g/mol. The summed E-state index contributed by atoms with van der Waals surface area (Å²) in [5.74, 6) is 0. The van der Waals surface area contributed by atoms with E-state index in [1.165, 1.54) is 0 Å². The maximum absolute atomic E-state index is 10.2. The molecule has 0 aliphatic carbocycles. The van der Waals surface area contributed by atoms with Crippen LogP contribution in [-0.2, 0) is 46.3 Å². The van der Waals surface area contributed by atoms with Crippen molar-refractivity contribution in [2.45, 2.75) is 6.92 Å². The fourth-order valence-corrected chi connectivity index (χ4v) is 0.581. The average Bonchev–Trinajstić information content (AvgIpc) is 1.67. The first kappa shape index (κ1) is 12.9. The van der Waals surface area contributed by atoms with Crippen LogP contribution in [0.15, 0.2) is 0 Å². The molecule has 0 aliphatic heterocycles. The van der Waals surface area contributed by atoms with Gasteiger partial charge in [0, 0.05) is 32.7 Å². The first-order valence-corrected chi connectivity index (χ1v) is 3.47. The zero-order valence-electron chi connectivity index (χ0n) is 4.98. The van der Waals surface area contributed by atoms with Gasteiger partial charge in [-0.1, -0.05) is 0 Å². The Bertz CT molecular complexity index is 106. The molecule has 0 amide bonds. The Kier molecular flexibility index (Phi) is 8.51. The van der Waals surface area contributed by atoms with Crippen LogP contribution in [0.2, 0.25) is 0 Å². The molecular formula is C3H7O4PY. The van der Waals surface area contributed by atoms with Gasteiger partial charge in [0.05, 0.1) is 6.61 Å². The fraction of sp³-hybridized carbons (Fsp3) is 0.667. The van der Waals surface area contributed by atoms with Gasteiger partial charge in [-0.25, -0.2) is 4.57 Å². The molecule has 0 saturated heterocycles. The molecule has 0 aromatic rings. The van der Waals surface area contributed by atoms with Crippen molar-refractivity contribution in [2.24, 2.45) is 0 Å². The van der Waals surface area contributed by atoms with Crippen molar-refractivity contribution < 1.29 is 51.2 Å². The van der Waals surface area contributed by atoms with E-state index in [1.54, 1.807) is 6.92 Å². The van der Waals surface area contributed by atoms with Crippen LogP contribution in [0, 0.1) is 7.11 Å². The Balaban J connectivity index is 0. The molecule has 9 heavy (non-hydrogen) atoms. The SMILES string of the molecule is [CH]OP(=O)(O)OCC.[Y]. The smallest absolute Gasteiger partial charge is 0.302 e. The number of hydrogen-bond acceptors (Lipinski definition) is 3. The van der Waals surface area contributed by atoms with Gasteiger partial charge in [-0.05, 0) is 6.92 Å². The Labute approximate surface area is 79.4 Å². The fourth-order valence-electron chi connectivity index (χ4n) is 0.194. The molecule has 1 N–H and O–H groups in total. The summed E-state index contributed by atoms with van der Waals surface area (Å²) in [6, 6.07) is 0. The molecule has 0 fully saturated rings. The van der Waals surface area contributed by atoms with E-state index in [9.17, 15) is 4.57 Å². The van der Waals surface area contributed by atoms with E-state index in [4.69, 9.17) is 4.89 Å². The van der Waals surface area contributed by atoms with Crippen molar-refractivity contribution in [2.75, 3.05) is 6.61 Å². The molecule has 0 spiro atoms. The minimum atomic E-state index is -3.90. The van der Waals surface area contributed by atoms with Crippen LogP contribution >= 0.6 is 7.82 Å². The Morgan fingerprint density at radius 2 is 2.22 bits per heavy atom. The normalized spacial score (nSPS) is 15.9. The second-order valence-corrected chi connectivity index (χ2v) is 2.40. The van der Waals surface area contributed by atoms with E-state index < -0.39 is 7.82 Å². The molecular weight excluding hydrogens is 220 g/mol. The van der Waals surface area contributed by atoms with Crippen molar-refractivity contribution in [3.8, 4) is 0 Å². The van der Waals surface area contributed by atoms with Crippen molar-refractivity contribution in [1.29, 1.82) is 0 Å². The Morgan fingerprint density at radius 3 is 2.33 bits per heavy atom. The van der Waals surface area contributed by atoms with Crippen LogP contribution in [0.1, 0.15) is 6.92 Å². The topological polar surface area (TPSA) is 55.8 Å². The summed E-state index contributed by atoms with van der Waals surface area (Å²) in [6.45, 7) is 1.66. The van der Waals surface area contributed by atoms with Gasteiger partial charge in [0.25, 0.3) is 0 Å². The Morgan fingerprint density at radius 1 is 1.78 bits per heavy atom. The van der Waals surface area contributed by atoms with E-state index in [0.717, 1.165) is 0 Å². The van der Waals surface area contributed by atoms with Crippen LogP contribution < -0.4 is 0 Å². The summed E-state index contributed by atoms with van der Waals surface area (Å²) < 4.78 is 17.9. The molecule has 51 valence electrons. The molecule has 0 bridgehead atoms. The van der Waals surface area contributed by atoms with Crippen molar-refractivity contribution >= 4 is 7.82 Å². The van der Waals surface area contributed by atoms with Gasteiger partial charge in [0.2, 0.25) is 0 Å². The molecule has 0 rings (SSSR count). The molecule has 1 atom stereocenters. The van der Waals surface area contributed by atoms with Gasteiger partial charge >= 0.3 is 7.82 Å². The predicted molar refractivity (Wildman–Crippen MR) is 26.8 cm³/mol. The standard InChI is InChI=1S/C3H7O4P.Y/c1-3-7-8(4,5)6-2;/h2H,3H2,1H3,(H,4,5);. The minimum Gasteiger partial charge on any atom is -0.302 e. The van der Waals surface area contributed by atoms with E-state index in [0.29, 0.717) is 0 Å². The van der Waals surface area contributed by atoms with Crippen molar-refractivity contribution in [3.05, 3.63) is 7.11 Å². The van der Waals surface area contributed by atoms with E-state index in [2.05, 4.69) is 16.2 Å². The largest absolute Gasteiger partial charge is 0.472 e. The zero-order valence-corrected chi connectivity index (χ0v) is 8.71. The van der Waals surface area contributed by atoms with Crippen LogP contribution in [0.25, 0.3) is 0 Å². The van der Waals surface area contributed by atoms with Crippen LogP contribution in [0.5, 0.6) is 0 Å². The summed E-state index contributed by atoms with van der Waals surface area (Å²) in [5.41, 5.74) is 0. The summed E-state index contributed by atoms with van der Waals surface area (Å²) in [6.07, 6.45) is 0. The van der Waals surface area contributed by atoms with E-state index in [-0.39, 0.29) is 39.3 Å². The van der Waals surface area contributed by atoms with E-state index >= 15 is 0 Å². The van der Waals surface area contributed by atoms with E-state index in [1.807, 2.05) is 0 Å². The summed E-state index contributed by atoms with van der Waals surface area (Å²) in [5, 5.41) is 0. The quantitative estimate of drug-likeness (QED) is 0.724. The number of phosphoric acid groups is 1. The maximum atomic E-state index is 10.2. The summed E-state index contributed by atoms with van der Waals surface area (Å²) >= 11 is 0. The zero-order chi connectivity index (χ0) is 6.62. The van der Waals surface area contributed by atoms with Gasteiger partial charge in [-0.2, -0.15) is 0 Å². The third-order valence-electron chi connectivity index (χ3n) is 0.425. The first-order valence-electron chi connectivity index (χ1n) is 1.98. The molecule has 0 heterocycles. The van der Waals surface area contributed by atoms with Crippen molar-refractivity contribution in [3.63, 3.8) is 0 Å². The second kappa shape index (κ2) is 5.96. The minimum absolute atomic E-state index is 0. The van der Waals surface area contributed by atoms with Gasteiger partial charge in [-0.3, -0.25) is 9.05 Å². The third-order valence-corrected chi connectivity index (χ3v) is 1.28. The monoisotopic (exact) mass is 227 g/mol. The molecule has 1 unspecified atom stereocenters. The van der Waals surface area contributed by atoms with Crippen LogP contribution in [0.4, 0.5) is 0 Å². The molecule has 0 aromatic heterocycles. The van der Waals surface area contributed by atoms with Crippen LogP contribution in [0.3, 0.4) is 0 Å². The maximum Gasteiger partial charge on any atom is 0.472 e. The first-order chi connectivity index (χ1) is 3.62. The Hall–Kier alpha value is 1.21. The molecule has 0 saturated carbocycles. The van der Waals surface area contributed by atoms with Gasteiger partial charge < -0.3 is 4.89 Å². The predicted octanol–water partition coefficient (Wildman–Crippen LogP) is 0.806. The number of phosphoric ester groups is 1. The van der Waals surface area contributed by atoms with Crippen LogP contribution in [-0.4, -0.2) is 11.5 Å². The summed E-state index contributed by atoms with van der Waals surface area (Å²) in [7, 11) is 0.459. The second-order valence-electron chi connectivity index (χ2n) is 0.992. The number of rotatable bonds is 3. The van der Waals surface area contributed by atoms with Gasteiger partial charge in [0.15, 0.2) is 0 Å². The molecule has 4 nitrogen and oxygen atoms in total. The van der Waals surface area contributed by atoms with Gasteiger partial charge in [0.1, 0.15) is 7.11 Å². The number of hydrogen-bond donors (Lipinski definition) is 1. The molecule has 3 radical (unpaired) electrons. The third kappa shape index (κ3) is 7.11.